The maximum Gasteiger partial charge on any atom is 0.269 e. The van der Waals surface area contributed by atoms with Gasteiger partial charge in [-0.2, -0.15) is 0 Å². The van der Waals surface area contributed by atoms with Gasteiger partial charge in [0.05, 0.1) is 4.92 Å². The SMILES string of the molecule is CC1(C)C2CCC1(C)C(NCc1ccc([N+](=O)[O-])cc1)C2. The first-order valence-corrected chi connectivity index (χ1v) is 7.81. The molecular weight excluding hydrogens is 264 g/mol. The Morgan fingerprint density at radius 3 is 2.43 bits per heavy atom. The van der Waals surface area contributed by atoms with Gasteiger partial charge in [0, 0.05) is 24.7 Å². The lowest BCUT2D eigenvalue weighted by atomic mass is 9.69. The van der Waals surface area contributed by atoms with Crippen LogP contribution in [0.2, 0.25) is 0 Å². The van der Waals surface area contributed by atoms with E-state index in [9.17, 15) is 10.1 Å². The number of nitrogens with one attached hydrogen (secondary N) is 1. The molecule has 0 heterocycles. The van der Waals surface area contributed by atoms with Gasteiger partial charge in [0.15, 0.2) is 0 Å². The van der Waals surface area contributed by atoms with E-state index in [1.807, 2.05) is 12.1 Å². The van der Waals surface area contributed by atoms with Crippen LogP contribution in [0.15, 0.2) is 24.3 Å². The van der Waals surface area contributed by atoms with Crippen molar-refractivity contribution in [3.05, 3.63) is 39.9 Å². The van der Waals surface area contributed by atoms with Crippen LogP contribution in [0.25, 0.3) is 0 Å². The second kappa shape index (κ2) is 4.80. The average Bonchev–Trinajstić information content (AvgIpc) is 2.78. The minimum atomic E-state index is -0.351. The number of benzene rings is 1. The molecule has 2 saturated carbocycles. The lowest BCUT2D eigenvalue weighted by molar-refractivity contribution is -0.384. The standard InChI is InChI=1S/C17H24N2O2/c1-16(2)13-8-9-17(16,3)15(10-13)18-11-12-4-6-14(7-5-12)19(20)21/h4-7,13,15,18H,8-11H2,1-3H3. The summed E-state index contributed by atoms with van der Waals surface area (Å²) in [5, 5.41) is 14.4. The van der Waals surface area contributed by atoms with E-state index < -0.39 is 0 Å². The third kappa shape index (κ3) is 2.16. The van der Waals surface area contributed by atoms with E-state index in [4.69, 9.17) is 0 Å². The average molecular weight is 288 g/mol. The van der Waals surface area contributed by atoms with Crippen LogP contribution in [0.4, 0.5) is 5.69 Å². The lowest BCUT2D eigenvalue weighted by Gasteiger charge is -2.39. The molecule has 0 spiro atoms. The molecule has 0 amide bonds. The van der Waals surface area contributed by atoms with Gasteiger partial charge in [0.2, 0.25) is 0 Å². The Bertz CT molecular complexity index is 552. The fourth-order valence-electron chi connectivity index (χ4n) is 4.49. The molecule has 0 radical (unpaired) electrons. The maximum atomic E-state index is 10.7. The molecule has 21 heavy (non-hydrogen) atoms. The van der Waals surface area contributed by atoms with Crippen LogP contribution < -0.4 is 5.32 Å². The summed E-state index contributed by atoms with van der Waals surface area (Å²) >= 11 is 0. The molecule has 2 aliphatic rings. The van der Waals surface area contributed by atoms with Crippen molar-refractivity contribution in [1.29, 1.82) is 0 Å². The molecule has 3 rings (SSSR count). The molecule has 2 bridgehead atoms. The van der Waals surface area contributed by atoms with Gasteiger partial charge in [-0.25, -0.2) is 0 Å². The Hall–Kier alpha value is -1.42. The van der Waals surface area contributed by atoms with Gasteiger partial charge in [-0.15, -0.1) is 0 Å². The summed E-state index contributed by atoms with van der Waals surface area (Å²) in [6.07, 6.45) is 3.93. The van der Waals surface area contributed by atoms with E-state index in [-0.39, 0.29) is 10.6 Å². The van der Waals surface area contributed by atoms with E-state index in [1.165, 1.54) is 19.3 Å². The maximum absolute atomic E-state index is 10.7. The summed E-state index contributed by atoms with van der Waals surface area (Å²) in [6.45, 7) is 8.05. The number of hydrogen-bond acceptors (Lipinski definition) is 3. The van der Waals surface area contributed by atoms with E-state index in [1.54, 1.807) is 12.1 Å². The van der Waals surface area contributed by atoms with E-state index >= 15 is 0 Å². The minimum Gasteiger partial charge on any atom is -0.309 e. The van der Waals surface area contributed by atoms with Gasteiger partial charge in [0.1, 0.15) is 0 Å². The molecule has 0 saturated heterocycles. The Morgan fingerprint density at radius 1 is 1.29 bits per heavy atom. The third-order valence-corrected chi connectivity index (χ3v) is 6.49. The molecule has 1 aromatic carbocycles. The van der Waals surface area contributed by atoms with Crippen LogP contribution in [0.1, 0.15) is 45.6 Å². The predicted molar refractivity (Wildman–Crippen MR) is 83.0 cm³/mol. The molecule has 3 atom stereocenters. The molecule has 0 aromatic heterocycles. The number of non-ortho nitro benzene ring substituents is 1. The van der Waals surface area contributed by atoms with E-state index in [2.05, 4.69) is 26.1 Å². The van der Waals surface area contributed by atoms with Crippen LogP contribution in [0, 0.1) is 26.9 Å². The van der Waals surface area contributed by atoms with Crippen molar-refractivity contribution >= 4 is 5.69 Å². The second-order valence-electron chi connectivity index (χ2n) is 7.47. The smallest absolute Gasteiger partial charge is 0.269 e. The lowest BCUT2D eigenvalue weighted by Crippen LogP contribution is -2.44. The molecule has 1 aromatic rings. The summed E-state index contributed by atoms with van der Waals surface area (Å²) in [5.41, 5.74) is 2.06. The Balaban J connectivity index is 1.65. The van der Waals surface area contributed by atoms with Crippen molar-refractivity contribution in [3.63, 3.8) is 0 Å². The minimum absolute atomic E-state index is 0.159. The summed E-state index contributed by atoms with van der Waals surface area (Å²) in [7, 11) is 0. The van der Waals surface area contributed by atoms with Crippen molar-refractivity contribution in [2.75, 3.05) is 0 Å². The molecule has 0 aliphatic heterocycles. The van der Waals surface area contributed by atoms with E-state index in [0.29, 0.717) is 16.9 Å². The first kappa shape index (κ1) is 14.5. The van der Waals surface area contributed by atoms with Gasteiger partial charge in [0.25, 0.3) is 5.69 Å². The molecule has 114 valence electrons. The predicted octanol–water partition coefficient (Wildman–Crippen LogP) is 3.90. The van der Waals surface area contributed by atoms with Crippen LogP contribution >= 0.6 is 0 Å². The largest absolute Gasteiger partial charge is 0.309 e. The van der Waals surface area contributed by atoms with Crippen LogP contribution in [0.3, 0.4) is 0 Å². The summed E-state index contributed by atoms with van der Waals surface area (Å²) < 4.78 is 0. The van der Waals surface area contributed by atoms with E-state index in [0.717, 1.165) is 18.0 Å². The molecule has 4 heteroatoms. The van der Waals surface area contributed by atoms with Crippen molar-refractivity contribution < 1.29 is 4.92 Å². The van der Waals surface area contributed by atoms with Gasteiger partial charge in [-0.3, -0.25) is 10.1 Å². The summed E-state index contributed by atoms with van der Waals surface area (Å²) in [6, 6.07) is 7.44. The first-order valence-electron chi connectivity index (χ1n) is 7.81. The molecule has 1 N–H and O–H groups in total. The first-order chi connectivity index (χ1) is 9.84. The van der Waals surface area contributed by atoms with Crippen molar-refractivity contribution in [1.82, 2.24) is 5.32 Å². The Labute approximate surface area is 126 Å². The fourth-order valence-corrected chi connectivity index (χ4v) is 4.49. The second-order valence-corrected chi connectivity index (χ2v) is 7.47. The van der Waals surface area contributed by atoms with Gasteiger partial charge >= 0.3 is 0 Å². The zero-order valence-corrected chi connectivity index (χ0v) is 13.1. The monoisotopic (exact) mass is 288 g/mol. The number of nitro groups is 1. The zero-order chi connectivity index (χ0) is 15.3. The highest BCUT2D eigenvalue weighted by atomic mass is 16.6. The zero-order valence-electron chi connectivity index (χ0n) is 13.1. The van der Waals surface area contributed by atoms with Crippen LogP contribution in [-0.2, 0) is 6.54 Å². The topological polar surface area (TPSA) is 55.2 Å². The highest BCUT2D eigenvalue weighted by Gasteiger charge is 2.60. The molecule has 2 fully saturated rings. The van der Waals surface area contributed by atoms with Gasteiger partial charge in [-0.05, 0) is 41.6 Å². The Kier molecular flexibility index (Phi) is 3.32. The third-order valence-electron chi connectivity index (χ3n) is 6.49. The van der Waals surface area contributed by atoms with Crippen LogP contribution in [-0.4, -0.2) is 11.0 Å². The van der Waals surface area contributed by atoms with Crippen LogP contribution in [0.5, 0.6) is 0 Å². The summed E-state index contributed by atoms with van der Waals surface area (Å²) in [5.74, 6) is 0.830. The fraction of sp³-hybridized carbons (Fsp3) is 0.647. The number of nitro benzene ring substituents is 1. The molecule has 2 aliphatic carbocycles. The quantitative estimate of drug-likeness (QED) is 0.675. The number of nitrogens with zero attached hydrogens (tertiary/aromatic N) is 1. The normalized spacial score (nSPS) is 33.3. The van der Waals surface area contributed by atoms with Crippen molar-refractivity contribution in [3.8, 4) is 0 Å². The number of rotatable bonds is 4. The molecule has 3 unspecified atom stereocenters. The van der Waals surface area contributed by atoms with Gasteiger partial charge < -0.3 is 5.32 Å². The summed E-state index contributed by atoms with van der Waals surface area (Å²) in [4.78, 5) is 10.3. The van der Waals surface area contributed by atoms with Crippen molar-refractivity contribution in [2.45, 2.75) is 52.6 Å². The highest BCUT2D eigenvalue weighted by Crippen LogP contribution is 2.65. The Morgan fingerprint density at radius 2 is 1.95 bits per heavy atom. The van der Waals surface area contributed by atoms with Gasteiger partial charge in [-0.1, -0.05) is 32.9 Å². The molecule has 4 nitrogen and oxygen atoms in total. The highest BCUT2D eigenvalue weighted by molar-refractivity contribution is 5.32. The number of fused-ring (bicyclic) bond motifs is 2. The van der Waals surface area contributed by atoms with Crippen molar-refractivity contribution in [2.24, 2.45) is 16.7 Å². The molecular formula is C17H24N2O2. The number of hydrogen-bond donors (Lipinski definition) is 1.